The van der Waals surface area contributed by atoms with Gasteiger partial charge in [-0.3, -0.25) is 9.48 Å². The second kappa shape index (κ2) is 5.53. The number of nitrogens with zero attached hydrogens (tertiary/aromatic N) is 4. The highest BCUT2D eigenvalue weighted by Crippen LogP contribution is 2.25. The van der Waals surface area contributed by atoms with Crippen molar-refractivity contribution in [3.05, 3.63) is 47.2 Å². The van der Waals surface area contributed by atoms with E-state index >= 15 is 0 Å². The van der Waals surface area contributed by atoms with E-state index in [-0.39, 0.29) is 5.91 Å². The van der Waals surface area contributed by atoms with Crippen LogP contribution in [0, 0.1) is 0 Å². The van der Waals surface area contributed by atoms with Crippen LogP contribution in [0.15, 0.2) is 40.5 Å². The van der Waals surface area contributed by atoms with Crippen LogP contribution in [-0.2, 0) is 13.6 Å². The highest BCUT2D eigenvalue weighted by molar-refractivity contribution is 7.13. The van der Waals surface area contributed by atoms with E-state index in [2.05, 4.69) is 10.3 Å². The Morgan fingerprint density at radius 2 is 2.38 bits per heavy atom. The lowest BCUT2D eigenvalue weighted by Gasteiger charge is -2.13. The van der Waals surface area contributed by atoms with Crippen LogP contribution >= 0.6 is 11.3 Å². The first kappa shape index (κ1) is 13.6. The summed E-state index contributed by atoms with van der Waals surface area (Å²) in [6.45, 7) is 0.480. The quantitative estimate of drug-likeness (QED) is 0.742. The van der Waals surface area contributed by atoms with Gasteiger partial charge in [0.2, 0.25) is 0 Å². The highest BCUT2D eigenvalue weighted by atomic mass is 32.1. The number of hydrogen-bond acceptors (Lipinski definition) is 5. The zero-order valence-corrected chi connectivity index (χ0v) is 12.5. The summed E-state index contributed by atoms with van der Waals surface area (Å²) in [7, 11) is 3.57. The molecule has 0 aromatic carbocycles. The molecule has 1 amide bonds. The molecular formula is C14H14N4O2S. The SMILES string of the molecule is CN(Cc1cnn(C)c1)C(=O)c1cc(-c2cccs2)on1. The van der Waals surface area contributed by atoms with E-state index in [1.54, 1.807) is 40.2 Å². The molecule has 0 radical (unpaired) electrons. The van der Waals surface area contributed by atoms with Crippen molar-refractivity contribution in [2.75, 3.05) is 7.05 Å². The molecule has 0 atom stereocenters. The second-order valence-electron chi connectivity index (χ2n) is 4.74. The van der Waals surface area contributed by atoms with Crippen LogP contribution in [0.25, 0.3) is 10.6 Å². The van der Waals surface area contributed by atoms with Gasteiger partial charge in [0.25, 0.3) is 5.91 Å². The van der Waals surface area contributed by atoms with Crippen LogP contribution < -0.4 is 0 Å². The van der Waals surface area contributed by atoms with Crippen LogP contribution in [-0.4, -0.2) is 32.8 Å². The van der Waals surface area contributed by atoms with Crippen molar-refractivity contribution < 1.29 is 9.32 Å². The molecule has 0 aliphatic rings. The molecule has 108 valence electrons. The Balaban J connectivity index is 1.72. The molecule has 0 spiro atoms. The van der Waals surface area contributed by atoms with Crippen molar-refractivity contribution in [3.63, 3.8) is 0 Å². The number of carbonyl (C=O) groups excluding carboxylic acids is 1. The van der Waals surface area contributed by atoms with Crippen LogP contribution in [0.1, 0.15) is 16.1 Å². The number of thiophene rings is 1. The lowest BCUT2D eigenvalue weighted by molar-refractivity contribution is 0.0775. The van der Waals surface area contributed by atoms with Gasteiger partial charge in [0, 0.05) is 38.5 Å². The minimum Gasteiger partial charge on any atom is -0.355 e. The van der Waals surface area contributed by atoms with E-state index in [4.69, 9.17) is 4.52 Å². The van der Waals surface area contributed by atoms with E-state index in [9.17, 15) is 4.79 Å². The normalized spacial score (nSPS) is 10.8. The lowest BCUT2D eigenvalue weighted by Crippen LogP contribution is -2.26. The summed E-state index contributed by atoms with van der Waals surface area (Å²) in [5, 5.41) is 9.90. The Bertz CT molecular complexity index is 745. The molecule has 0 aliphatic carbocycles. The Hall–Kier alpha value is -2.41. The maximum absolute atomic E-state index is 12.3. The van der Waals surface area contributed by atoms with Gasteiger partial charge in [0.15, 0.2) is 11.5 Å². The third kappa shape index (κ3) is 2.87. The number of carbonyl (C=O) groups is 1. The van der Waals surface area contributed by atoms with Gasteiger partial charge in [0.05, 0.1) is 11.1 Å². The summed E-state index contributed by atoms with van der Waals surface area (Å²) in [6, 6.07) is 5.53. The van der Waals surface area contributed by atoms with Gasteiger partial charge in [-0.05, 0) is 11.4 Å². The second-order valence-corrected chi connectivity index (χ2v) is 5.68. The number of aromatic nitrogens is 3. The third-order valence-corrected chi connectivity index (χ3v) is 3.90. The van der Waals surface area contributed by atoms with Crippen LogP contribution in [0.4, 0.5) is 0 Å². The fourth-order valence-electron chi connectivity index (χ4n) is 2.01. The summed E-state index contributed by atoms with van der Waals surface area (Å²) >= 11 is 1.55. The van der Waals surface area contributed by atoms with Gasteiger partial charge in [0.1, 0.15) is 0 Å². The third-order valence-electron chi connectivity index (χ3n) is 3.02. The number of amides is 1. The molecule has 3 aromatic heterocycles. The summed E-state index contributed by atoms with van der Waals surface area (Å²) in [6.07, 6.45) is 3.62. The lowest BCUT2D eigenvalue weighted by atomic mass is 10.3. The molecule has 21 heavy (non-hydrogen) atoms. The molecule has 3 heterocycles. The average molecular weight is 302 g/mol. The first-order valence-corrected chi connectivity index (χ1v) is 7.25. The predicted octanol–water partition coefficient (Wildman–Crippen LogP) is 2.41. The Labute approximate surface area is 125 Å². The smallest absolute Gasteiger partial charge is 0.276 e. The molecule has 0 bridgehead atoms. The summed E-state index contributed by atoms with van der Waals surface area (Å²) in [5.41, 5.74) is 1.28. The molecule has 0 unspecified atom stereocenters. The number of rotatable bonds is 4. The molecule has 0 saturated heterocycles. The van der Waals surface area contributed by atoms with Gasteiger partial charge in [-0.2, -0.15) is 5.10 Å². The van der Waals surface area contributed by atoms with E-state index in [0.29, 0.717) is 18.0 Å². The maximum Gasteiger partial charge on any atom is 0.276 e. The molecule has 3 rings (SSSR count). The molecular weight excluding hydrogens is 288 g/mol. The molecule has 0 aliphatic heterocycles. The molecule has 3 aromatic rings. The van der Waals surface area contributed by atoms with Gasteiger partial charge < -0.3 is 9.42 Å². The largest absolute Gasteiger partial charge is 0.355 e. The molecule has 6 nitrogen and oxygen atoms in total. The Kier molecular flexibility index (Phi) is 3.57. The first-order chi connectivity index (χ1) is 10.1. The van der Waals surface area contributed by atoms with Crippen molar-refractivity contribution in [1.82, 2.24) is 19.8 Å². The highest BCUT2D eigenvalue weighted by Gasteiger charge is 2.18. The van der Waals surface area contributed by atoms with Crippen LogP contribution in [0.3, 0.4) is 0 Å². The van der Waals surface area contributed by atoms with E-state index < -0.39 is 0 Å². The first-order valence-electron chi connectivity index (χ1n) is 6.37. The van der Waals surface area contributed by atoms with E-state index in [0.717, 1.165) is 10.4 Å². The standard InChI is InChI=1S/C14H14N4O2S/c1-17(8-10-7-15-18(2)9-10)14(19)11-6-12(20-16-11)13-4-3-5-21-13/h3-7,9H,8H2,1-2H3. The molecule has 0 saturated carbocycles. The van der Waals surface area contributed by atoms with Gasteiger partial charge in [-0.25, -0.2) is 0 Å². The van der Waals surface area contributed by atoms with Crippen molar-refractivity contribution in [3.8, 4) is 10.6 Å². The van der Waals surface area contributed by atoms with Gasteiger partial charge in [-0.15, -0.1) is 11.3 Å². The molecule has 0 N–H and O–H groups in total. The Morgan fingerprint density at radius 3 is 3.05 bits per heavy atom. The van der Waals surface area contributed by atoms with Crippen molar-refractivity contribution >= 4 is 17.2 Å². The van der Waals surface area contributed by atoms with Gasteiger partial charge in [-0.1, -0.05) is 11.2 Å². The maximum atomic E-state index is 12.3. The molecule has 0 fully saturated rings. The zero-order valence-electron chi connectivity index (χ0n) is 11.7. The van der Waals surface area contributed by atoms with E-state index in [1.165, 1.54) is 0 Å². The summed E-state index contributed by atoms with van der Waals surface area (Å²) < 4.78 is 6.94. The summed E-state index contributed by atoms with van der Waals surface area (Å²) in [5.74, 6) is 0.438. The summed E-state index contributed by atoms with van der Waals surface area (Å²) in [4.78, 5) is 14.9. The van der Waals surface area contributed by atoms with Crippen LogP contribution in [0.5, 0.6) is 0 Å². The fraction of sp³-hybridized carbons (Fsp3) is 0.214. The average Bonchev–Trinajstić information content (AvgIpc) is 3.18. The molecule has 7 heteroatoms. The van der Waals surface area contributed by atoms with Gasteiger partial charge >= 0.3 is 0 Å². The zero-order chi connectivity index (χ0) is 14.8. The van der Waals surface area contributed by atoms with Crippen molar-refractivity contribution in [1.29, 1.82) is 0 Å². The Morgan fingerprint density at radius 1 is 1.52 bits per heavy atom. The topological polar surface area (TPSA) is 64.2 Å². The monoisotopic (exact) mass is 302 g/mol. The fourth-order valence-corrected chi connectivity index (χ4v) is 2.68. The van der Waals surface area contributed by atoms with Crippen LogP contribution in [0.2, 0.25) is 0 Å². The minimum absolute atomic E-state index is 0.176. The van der Waals surface area contributed by atoms with E-state index in [1.807, 2.05) is 30.8 Å². The van der Waals surface area contributed by atoms with Crippen molar-refractivity contribution in [2.45, 2.75) is 6.54 Å². The van der Waals surface area contributed by atoms with Crippen molar-refractivity contribution in [2.24, 2.45) is 7.05 Å². The predicted molar refractivity (Wildman–Crippen MR) is 78.8 cm³/mol. The number of aryl methyl sites for hydroxylation is 1. The number of hydrogen-bond donors (Lipinski definition) is 0. The minimum atomic E-state index is -0.176.